The number of carbonyl (C=O) groups is 1. The normalized spacial score (nSPS) is 19.6. The highest BCUT2D eigenvalue weighted by Crippen LogP contribution is 2.23. The van der Waals surface area contributed by atoms with E-state index in [4.69, 9.17) is 9.47 Å². The van der Waals surface area contributed by atoms with Crippen LogP contribution in [0.4, 0.5) is 0 Å². The molecule has 0 saturated carbocycles. The van der Waals surface area contributed by atoms with Gasteiger partial charge in [0.05, 0.1) is 25.4 Å². The Morgan fingerprint density at radius 2 is 0.812 bits per heavy atom. The summed E-state index contributed by atoms with van der Waals surface area (Å²) in [7, 11) is 0. The molecule has 1 rings (SSSR count). The Bertz CT molecular complexity index is 1130. The van der Waals surface area contributed by atoms with Crippen LogP contribution in [0, 0.1) is 0 Å². The van der Waals surface area contributed by atoms with Gasteiger partial charge in [0.25, 0.3) is 0 Å². The second-order valence-electron chi connectivity index (χ2n) is 21.1. The molecule has 408 valence electrons. The van der Waals surface area contributed by atoms with E-state index in [1.54, 1.807) is 6.08 Å². The summed E-state index contributed by atoms with van der Waals surface area (Å²) in [4.78, 5) is 13.0. The lowest BCUT2D eigenvalue weighted by Crippen LogP contribution is -2.60. The van der Waals surface area contributed by atoms with Crippen molar-refractivity contribution in [1.82, 2.24) is 5.32 Å². The van der Waals surface area contributed by atoms with Gasteiger partial charge in [-0.3, -0.25) is 4.79 Å². The van der Waals surface area contributed by atoms with Gasteiger partial charge in [-0.05, 0) is 44.9 Å². The van der Waals surface area contributed by atoms with Crippen LogP contribution < -0.4 is 5.32 Å². The average Bonchev–Trinajstić information content (AvgIpc) is 3.35. The van der Waals surface area contributed by atoms with E-state index in [-0.39, 0.29) is 12.5 Å². The maximum absolute atomic E-state index is 13.0. The number of aliphatic hydroxyl groups excluding tert-OH is 5. The third-order valence-corrected chi connectivity index (χ3v) is 14.5. The van der Waals surface area contributed by atoms with E-state index >= 15 is 0 Å². The largest absolute Gasteiger partial charge is 0.394 e. The maximum atomic E-state index is 13.0. The third kappa shape index (κ3) is 39.8. The molecule has 1 fully saturated rings. The van der Waals surface area contributed by atoms with Crippen molar-refractivity contribution in [2.75, 3.05) is 13.2 Å². The Hall–Kier alpha value is -1.33. The van der Waals surface area contributed by atoms with Crippen molar-refractivity contribution in [2.45, 2.75) is 339 Å². The van der Waals surface area contributed by atoms with Crippen LogP contribution in [-0.2, 0) is 14.3 Å². The molecule has 1 saturated heterocycles. The van der Waals surface area contributed by atoms with Gasteiger partial charge >= 0.3 is 0 Å². The first-order valence-corrected chi connectivity index (χ1v) is 30.1. The van der Waals surface area contributed by atoms with Crippen LogP contribution in [0.1, 0.15) is 296 Å². The lowest BCUT2D eigenvalue weighted by Gasteiger charge is -2.40. The number of hydrogen-bond acceptors (Lipinski definition) is 8. The summed E-state index contributed by atoms with van der Waals surface area (Å²) in [5, 5.41) is 54.2. The van der Waals surface area contributed by atoms with Gasteiger partial charge in [0, 0.05) is 6.42 Å². The van der Waals surface area contributed by atoms with Crippen molar-refractivity contribution in [3.8, 4) is 0 Å². The fraction of sp³-hybridized carbons (Fsp3) is 0.917. The van der Waals surface area contributed by atoms with Gasteiger partial charge in [-0.15, -0.1) is 0 Å². The minimum Gasteiger partial charge on any atom is -0.394 e. The second-order valence-corrected chi connectivity index (χ2v) is 21.1. The molecule has 1 aliphatic heterocycles. The Balaban J connectivity index is 2.00. The summed E-state index contributed by atoms with van der Waals surface area (Å²) in [5.74, 6) is -0.175. The molecule has 9 nitrogen and oxygen atoms in total. The first-order chi connectivity index (χ1) is 33.8. The van der Waals surface area contributed by atoms with Crippen molar-refractivity contribution in [3.05, 3.63) is 24.3 Å². The number of allylic oxidation sites excluding steroid dienone is 3. The van der Waals surface area contributed by atoms with E-state index in [1.165, 1.54) is 238 Å². The van der Waals surface area contributed by atoms with Crippen LogP contribution in [-0.4, -0.2) is 87.5 Å². The molecule has 7 atom stereocenters. The highest BCUT2D eigenvalue weighted by molar-refractivity contribution is 5.76. The Morgan fingerprint density at radius 3 is 1.17 bits per heavy atom. The molecule has 6 N–H and O–H groups in total. The summed E-state index contributed by atoms with van der Waals surface area (Å²) in [6.45, 7) is 3.77. The summed E-state index contributed by atoms with van der Waals surface area (Å²) in [6.07, 6.45) is 57.3. The maximum Gasteiger partial charge on any atom is 0.220 e. The molecule has 9 heteroatoms. The molecule has 0 aromatic carbocycles. The predicted octanol–water partition coefficient (Wildman–Crippen LogP) is 15.0. The van der Waals surface area contributed by atoms with Crippen LogP contribution >= 0.6 is 0 Å². The van der Waals surface area contributed by atoms with Crippen LogP contribution in [0.25, 0.3) is 0 Å². The number of rotatable bonds is 52. The molecule has 69 heavy (non-hydrogen) atoms. The number of ether oxygens (including phenoxy) is 2. The number of unbranched alkanes of at least 4 members (excludes halogenated alkanes) is 40. The highest BCUT2D eigenvalue weighted by Gasteiger charge is 2.44. The zero-order valence-corrected chi connectivity index (χ0v) is 45.3. The van der Waals surface area contributed by atoms with Crippen LogP contribution in [0.2, 0.25) is 0 Å². The number of aliphatic hydroxyl groups is 5. The molecule has 1 amide bonds. The molecule has 0 aliphatic carbocycles. The fourth-order valence-electron chi connectivity index (χ4n) is 9.74. The van der Waals surface area contributed by atoms with E-state index in [2.05, 4.69) is 31.3 Å². The molecular formula is C60H115NO8. The molecule has 1 heterocycles. The van der Waals surface area contributed by atoms with Crippen LogP contribution in [0.3, 0.4) is 0 Å². The summed E-state index contributed by atoms with van der Waals surface area (Å²) >= 11 is 0. The van der Waals surface area contributed by atoms with E-state index in [1.807, 2.05) is 6.08 Å². The van der Waals surface area contributed by atoms with Gasteiger partial charge in [0.1, 0.15) is 24.4 Å². The molecule has 0 spiro atoms. The monoisotopic (exact) mass is 978 g/mol. The third-order valence-electron chi connectivity index (χ3n) is 14.5. The van der Waals surface area contributed by atoms with Gasteiger partial charge in [0.2, 0.25) is 5.91 Å². The highest BCUT2D eigenvalue weighted by atomic mass is 16.7. The zero-order valence-electron chi connectivity index (χ0n) is 45.3. The lowest BCUT2D eigenvalue weighted by atomic mass is 9.99. The van der Waals surface area contributed by atoms with Crippen molar-refractivity contribution in [1.29, 1.82) is 0 Å². The Morgan fingerprint density at radius 1 is 0.478 bits per heavy atom. The quantitative estimate of drug-likeness (QED) is 0.0261. The van der Waals surface area contributed by atoms with E-state index in [0.717, 1.165) is 38.5 Å². The van der Waals surface area contributed by atoms with Crippen molar-refractivity contribution < 1.29 is 39.8 Å². The molecule has 0 aromatic rings. The first-order valence-electron chi connectivity index (χ1n) is 30.1. The minimum atomic E-state index is -1.56. The van der Waals surface area contributed by atoms with Gasteiger partial charge in [-0.2, -0.15) is 0 Å². The molecular weight excluding hydrogens is 863 g/mol. The topological polar surface area (TPSA) is 149 Å². The molecule has 1 aliphatic rings. The smallest absolute Gasteiger partial charge is 0.220 e. The van der Waals surface area contributed by atoms with Gasteiger partial charge < -0.3 is 40.3 Å². The number of hydrogen-bond donors (Lipinski definition) is 6. The Labute approximate surface area is 426 Å². The number of carbonyl (C=O) groups excluding carboxylic acids is 1. The van der Waals surface area contributed by atoms with Gasteiger partial charge in [-0.1, -0.05) is 269 Å². The van der Waals surface area contributed by atoms with Crippen molar-refractivity contribution in [3.63, 3.8) is 0 Å². The minimum absolute atomic E-state index is 0.175. The second kappa shape index (κ2) is 50.2. The van der Waals surface area contributed by atoms with Gasteiger partial charge in [-0.25, -0.2) is 0 Å². The Kier molecular flexibility index (Phi) is 47.8. The van der Waals surface area contributed by atoms with E-state index in [9.17, 15) is 30.3 Å². The van der Waals surface area contributed by atoms with E-state index < -0.39 is 49.5 Å². The molecule has 0 aromatic heterocycles. The molecule has 0 radical (unpaired) electrons. The average molecular weight is 979 g/mol. The molecule has 7 unspecified atom stereocenters. The zero-order chi connectivity index (χ0) is 50.1. The van der Waals surface area contributed by atoms with Crippen molar-refractivity contribution >= 4 is 5.91 Å². The number of nitrogens with one attached hydrogen (secondary N) is 1. The van der Waals surface area contributed by atoms with Gasteiger partial charge in [0.15, 0.2) is 6.29 Å². The predicted molar refractivity (Wildman–Crippen MR) is 290 cm³/mol. The number of amides is 1. The van der Waals surface area contributed by atoms with Crippen LogP contribution in [0.15, 0.2) is 24.3 Å². The summed E-state index contributed by atoms with van der Waals surface area (Å²) < 4.78 is 11.2. The van der Waals surface area contributed by atoms with E-state index in [0.29, 0.717) is 6.42 Å². The SMILES string of the molecule is CCCCCCCCC/C=C/C(O)C(COC1OC(CO)C(O)C(O)C1O)NC(=O)CCCCCCCCCCCCCCCCCCC/C=C\CCCCCCCCCCCCCCCCCC. The van der Waals surface area contributed by atoms with Crippen molar-refractivity contribution in [2.24, 2.45) is 0 Å². The standard InChI is InChI=1S/C60H115NO8/c1-3-5-7-9-11-13-14-15-16-17-18-19-20-21-22-23-24-25-26-27-28-29-30-31-32-33-34-35-36-37-38-39-40-42-44-46-48-50-56(64)61-53(54(63)49-47-45-43-41-12-10-8-6-4-2)52-68-60-59(67)58(66)57(65)55(51-62)69-60/h25-26,47,49,53-55,57-60,62-63,65-67H,3-24,27-46,48,50-52H2,1-2H3,(H,61,64)/b26-25-,49-47+. The summed E-state index contributed by atoms with van der Waals surface area (Å²) in [6, 6.07) is -0.800. The fourth-order valence-corrected chi connectivity index (χ4v) is 9.74. The summed E-state index contributed by atoms with van der Waals surface area (Å²) in [5.41, 5.74) is 0. The first kappa shape index (κ1) is 65.7. The lowest BCUT2D eigenvalue weighted by molar-refractivity contribution is -0.302. The molecule has 0 bridgehead atoms. The van der Waals surface area contributed by atoms with Crippen LogP contribution in [0.5, 0.6) is 0 Å².